The maximum Gasteiger partial charge on any atom is 0.171 e. The summed E-state index contributed by atoms with van der Waals surface area (Å²) in [4.78, 5) is 16.1. The Morgan fingerprint density at radius 2 is 2.00 bits per heavy atom. The summed E-state index contributed by atoms with van der Waals surface area (Å²) in [5.74, 6) is -0.816. The first kappa shape index (κ1) is 13.4. The molecule has 0 atom stereocenters. The number of aromatic nitrogens is 1. The third-order valence-electron chi connectivity index (χ3n) is 2.38. The Morgan fingerprint density at radius 3 is 2.67 bits per heavy atom. The Labute approximate surface area is 121 Å². The van der Waals surface area contributed by atoms with Gasteiger partial charge in [0, 0.05) is 16.4 Å². The molecule has 0 saturated carbocycles. The maximum absolute atomic E-state index is 13.7. The lowest BCUT2D eigenvalue weighted by Crippen LogP contribution is -2.07. The smallest absolute Gasteiger partial charge is 0.171 e. The Morgan fingerprint density at radius 1 is 1.22 bits per heavy atom. The molecular weight excluding hydrogens is 365 g/mol. The standard InChI is InChI=1S/C13H8Br2FNO/c14-8-4-5-9(17-7-8)6-12(18)10-2-1-3-11(15)13(10)16/h1-5,7H,6H2. The summed E-state index contributed by atoms with van der Waals surface area (Å²) in [5, 5.41) is 0. The van der Waals surface area contributed by atoms with Crippen molar-refractivity contribution in [3.05, 3.63) is 62.5 Å². The van der Waals surface area contributed by atoms with Crippen molar-refractivity contribution in [2.24, 2.45) is 0 Å². The average molecular weight is 373 g/mol. The normalized spacial score (nSPS) is 10.4. The van der Waals surface area contributed by atoms with Crippen LogP contribution in [0.2, 0.25) is 0 Å². The largest absolute Gasteiger partial charge is 0.294 e. The third-order valence-corrected chi connectivity index (χ3v) is 3.46. The Balaban J connectivity index is 2.22. The number of Topliss-reactive ketones (excluding diaryl/α,β-unsaturated/α-hetero) is 1. The highest BCUT2D eigenvalue weighted by atomic mass is 79.9. The summed E-state index contributed by atoms with van der Waals surface area (Å²) in [7, 11) is 0. The van der Waals surface area contributed by atoms with Crippen LogP contribution < -0.4 is 0 Å². The van der Waals surface area contributed by atoms with Gasteiger partial charge in [-0.15, -0.1) is 0 Å². The number of hydrogen-bond acceptors (Lipinski definition) is 2. The molecule has 0 spiro atoms. The second-order valence-corrected chi connectivity index (χ2v) is 5.44. The summed E-state index contributed by atoms with van der Waals surface area (Å²) in [5.41, 5.74) is 0.691. The quantitative estimate of drug-likeness (QED) is 0.757. The van der Waals surface area contributed by atoms with E-state index in [0.29, 0.717) is 5.69 Å². The van der Waals surface area contributed by atoms with Gasteiger partial charge in [0.15, 0.2) is 5.78 Å². The zero-order valence-electron chi connectivity index (χ0n) is 9.16. The van der Waals surface area contributed by atoms with E-state index >= 15 is 0 Å². The van der Waals surface area contributed by atoms with E-state index in [9.17, 15) is 9.18 Å². The van der Waals surface area contributed by atoms with Crippen LogP contribution in [0.4, 0.5) is 4.39 Å². The monoisotopic (exact) mass is 371 g/mol. The molecule has 0 aliphatic carbocycles. The van der Waals surface area contributed by atoms with Gasteiger partial charge in [-0.25, -0.2) is 4.39 Å². The molecule has 0 aliphatic rings. The van der Waals surface area contributed by atoms with Crippen molar-refractivity contribution in [2.75, 3.05) is 0 Å². The molecule has 5 heteroatoms. The lowest BCUT2D eigenvalue weighted by atomic mass is 10.1. The lowest BCUT2D eigenvalue weighted by molar-refractivity contribution is 0.0988. The molecule has 2 aromatic rings. The van der Waals surface area contributed by atoms with Crippen molar-refractivity contribution in [3.63, 3.8) is 0 Å². The molecule has 0 unspecified atom stereocenters. The maximum atomic E-state index is 13.7. The van der Waals surface area contributed by atoms with Gasteiger partial charge in [0.05, 0.1) is 16.5 Å². The number of ketones is 1. The van der Waals surface area contributed by atoms with Crippen molar-refractivity contribution in [3.8, 4) is 0 Å². The number of benzene rings is 1. The van der Waals surface area contributed by atoms with Gasteiger partial charge in [0.2, 0.25) is 0 Å². The van der Waals surface area contributed by atoms with Crippen molar-refractivity contribution in [1.29, 1.82) is 0 Å². The number of carbonyl (C=O) groups is 1. The number of carbonyl (C=O) groups excluding carboxylic acids is 1. The minimum atomic E-state index is -0.528. The topological polar surface area (TPSA) is 30.0 Å². The van der Waals surface area contributed by atoms with E-state index in [-0.39, 0.29) is 22.2 Å². The molecule has 1 heterocycles. The van der Waals surface area contributed by atoms with Crippen LogP contribution in [0.25, 0.3) is 0 Å². The third kappa shape index (κ3) is 3.03. The van der Waals surface area contributed by atoms with Crippen molar-refractivity contribution in [2.45, 2.75) is 6.42 Å². The fourth-order valence-corrected chi connectivity index (χ4v) is 2.09. The molecule has 18 heavy (non-hydrogen) atoms. The summed E-state index contributed by atoms with van der Waals surface area (Å²) >= 11 is 6.32. The SMILES string of the molecule is O=C(Cc1ccc(Br)cn1)c1cccc(Br)c1F. The number of nitrogens with zero attached hydrogens (tertiary/aromatic N) is 1. The second-order valence-electron chi connectivity index (χ2n) is 3.67. The molecule has 0 radical (unpaired) electrons. The highest BCUT2D eigenvalue weighted by Gasteiger charge is 2.14. The molecule has 0 fully saturated rings. The van der Waals surface area contributed by atoms with E-state index in [1.54, 1.807) is 30.5 Å². The van der Waals surface area contributed by atoms with Crippen molar-refractivity contribution >= 4 is 37.6 Å². The van der Waals surface area contributed by atoms with Crippen LogP contribution in [0, 0.1) is 5.82 Å². The molecule has 92 valence electrons. The molecule has 1 aromatic carbocycles. The lowest BCUT2D eigenvalue weighted by Gasteiger charge is -2.04. The summed E-state index contributed by atoms with van der Waals surface area (Å²) in [6, 6.07) is 8.20. The molecule has 0 saturated heterocycles. The van der Waals surface area contributed by atoms with Crippen LogP contribution in [0.3, 0.4) is 0 Å². The molecule has 0 amide bonds. The predicted octanol–water partition coefficient (Wildman–Crippen LogP) is 4.17. The summed E-state index contributed by atoms with van der Waals surface area (Å²) in [6.07, 6.45) is 1.69. The van der Waals surface area contributed by atoms with Gasteiger partial charge in [0.25, 0.3) is 0 Å². The Bertz CT molecular complexity index is 584. The molecule has 0 aliphatic heterocycles. The fourth-order valence-electron chi connectivity index (χ4n) is 1.49. The molecule has 0 bridgehead atoms. The highest BCUT2D eigenvalue weighted by Crippen LogP contribution is 2.20. The molecular formula is C13H8Br2FNO. The fraction of sp³-hybridized carbons (Fsp3) is 0.0769. The molecule has 2 nitrogen and oxygen atoms in total. The van der Waals surface area contributed by atoms with Crippen LogP contribution in [-0.4, -0.2) is 10.8 Å². The summed E-state index contributed by atoms with van der Waals surface area (Å²) < 4.78 is 14.9. The first-order valence-electron chi connectivity index (χ1n) is 5.15. The zero-order chi connectivity index (χ0) is 13.1. The van der Waals surface area contributed by atoms with Crippen LogP contribution >= 0.6 is 31.9 Å². The van der Waals surface area contributed by atoms with E-state index in [0.717, 1.165) is 4.47 Å². The Kier molecular flexibility index (Phi) is 4.24. The van der Waals surface area contributed by atoms with Gasteiger partial charge in [-0.3, -0.25) is 9.78 Å². The number of halogens is 3. The average Bonchev–Trinajstić information content (AvgIpc) is 2.35. The summed E-state index contributed by atoms with van der Waals surface area (Å²) in [6.45, 7) is 0. The number of rotatable bonds is 3. The van der Waals surface area contributed by atoms with Crippen molar-refractivity contribution < 1.29 is 9.18 Å². The van der Waals surface area contributed by atoms with Crippen LogP contribution in [0.1, 0.15) is 16.1 Å². The van der Waals surface area contributed by atoms with Crippen LogP contribution in [0.5, 0.6) is 0 Å². The molecule has 2 rings (SSSR count). The minimum Gasteiger partial charge on any atom is -0.294 e. The van der Waals surface area contributed by atoms with Gasteiger partial charge < -0.3 is 0 Å². The number of hydrogen-bond donors (Lipinski definition) is 0. The van der Waals surface area contributed by atoms with Gasteiger partial charge in [0.1, 0.15) is 5.82 Å². The molecule has 0 N–H and O–H groups in total. The highest BCUT2D eigenvalue weighted by molar-refractivity contribution is 9.10. The predicted molar refractivity (Wildman–Crippen MR) is 74.1 cm³/mol. The zero-order valence-corrected chi connectivity index (χ0v) is 12.3. The van der Waals surface area contributed by atoms with Crippen LogP contribution in [-0.2, 0) is 6.42 Å². The van der Waals surface area contributed by atoms with E-state index < -0.39 is 5.82 Å². The number of pyridine rings is 1. The van der Waals surface area contributed by atoms with E-state index in [2.05, 4.69) is 36.8 Å². The van der Waals surface area contributed by atoms with E-state index in [1.165, 1.54) is 6.07 Å². The van der Waals surface area contributed by atoms with E-state index in [1.807, 2.05) is 0 Å². The van der Waals surface area contributed by atoms with E-state index in [4.69, 9.17) is 0 Å². The molecule has 1 aromatic heterocycles. The van der Waals surface area contributed by atoms with Gasteiger partial charge in [-0.05, 0) is 56.1 Å². The minimum absolute atomic E-state index is 0.0779. The van der Waals surface area contributed by atoms with Crippen LogP contribution in [0.15, 0.2) is 45.5 Å². The van der Waals surface area contributed by atoms with Gasteiger partial charge in [-0.1, -0.05) is 6.07 Å². The Hall–Kier alpha value is -1.07. The van der Waals surface area contributed by atoms with Crippen molar-refractivity contribution in [1.82, 2.24) is 4.98 Å². The second kappa shape index (κ2) is 5.71. The van der Waals surface area contributed by atoms with Gasteiger partial charge >= 0.3 is 0 Å². The first-order valence-corrected chi connectivity index (χ1v) is 6.74. The first-order chi connectivity index (χ1) is 8.58. The van der Waals surface area contributed by atoms with Gasteiger partial charge in [-0.2, -0.15) is 0 Å².